The van der Waals surface area contributed by atoms with E-state index >= 15 is 0 Å². The zero-order valence-electron chi connectivity index (χ0n) is 26.9. The molecule has 0 aliphatic carbocycles. The van der Waals surface area contributed by atoms with E-state index in [0.717, 1.165) is 36.8 Å². The van der Waals surface area contributed by atoms with Crippen molar-refractivity contribution in [3.8, 4) is 0 Å². The number of rotatable bonds is 19. The van der Waals surface area contributed by atoms with Crippen LogP contribution >= 0.6 is 0 Å². The van der Waals surface area contributed by atoms with Gasteiger partial charge in [-0.2, -0.15) is 0 Å². The van der Waals surface area contributed by atoms with Crippen molar-refractivity contribution in [1.29, 1.82) is 0 Å². The van der Waals surface area contributed by atoms with Gasteiger partial charge in [-0.05, 0) is 70.5 Å². The highest BCUT2D eigenvalue weighted by atomic mass is 16.6. The predicted molar refractivity (Wildman–Crippen MR) is 174 cm³/mol. The van der Waals surface area contributed by atoms with Crippen molar-refractivity contribution < 1.29 is 28.7 Å². The number of alkyl carbamates (subject to hydrolysis) is 2. The minimum Gasteiger partial charge on any atom is -0.445 e. The quantitative estimate of drug-likeness (QED) is 0.145. The first-order chi connectivity index (χ1) is 21.6. The molecule has 0 heterocycles. The van der Waals surface area contributed by atoms with Crippen LogP contribution in [-0.4, -0.2) is 61.3 Å². The number of nitrogens with one attached hydrogen (secondary N) is 4. The third-order valence-corrected chi connectivity index (χ3v) is 6.75. The van der Waals surface area contributed by atoms with E-state index in [0.29, 0.717) is 38.9 Å². The molecule has 0 aromatic heterocycles. The predicted octanol–water partition coefficient (Wildman–Crippen LogP) is 4.34. The van der Waals surface area contributed by atoms with Gasteiger partial charge in [0.2, 0.25) is 11.8 Å². The lowest BCUT2D eigenvalue weighted by molar-refractivity contribution is -0.130. The number of carbonyl (C=O) groups is 4. The fraction of sp³-hybridized carbons (Fsp3) is 0.529. The fourth-order valence-electron chi connectivity index (χ4n) is 4.44. The van der Waals surface area contributed by atoms with Gasteiger partial charge in [-0.1, -0.05) is 73.5 Å². The number of hydrogen-bond donors (Lipinski definition) is 5. The summed E-state index contributed by atoms with van der Waals surface area (Å²) >= 11 is 0. The Bertz CT molecular complexity index is 1160. The number of ether oxygens (including phenoxy) is 2. The summed E-state index contributed by atoms with van der Waals surface area (Å²) in [5.74, 6) is -0.794. The molecule has 2 atom stereocenters. The lowest BCUT2D eigenvalue weighted by Gasteiger charge is -2.23. The molecule has 0 aliphatic heterocycles. The molecule has 0 bridgehead atoms. The summed E-state index contributed by atoms with van der Waals surface area (Å²) in [5.41, 5.74) is 6.62. The van der Waals surface area contributed by atoms with Crippen LogP contribution in [-0.2, 0) is 32.1 Å². The largest absolute Gasteiger partial charge is 0.445 e. The van der Waals surface area contributed by atoms with Gasteiger partial charge in [0.05, 0.1) is 0 Å². The number of benzene rings is 2. The summed E-state index contributed by atoms with van der Waals surface area (Å²) in [6.45, 7) is 6.91. The summed E-state index contributed by atoms with van der Waals surface area (Å²) in [4.78, 5) is 51.5. The molecule has 0 saturated carbocycles. The van der Waals surface area contributed by atoms with E-state index in [9.17, 15) is 19.2 Å². The van der Waals surface area contributed by atoms with Gasteiger partial charge in [-0.15, -0.1) is 0 Å². The van der Waals surface area contributed by atoms with Gasteiger partial charge in [-0.25, -0.2) is 9.59 Å². The second-order valence-corrected chi connectivity index (χ2v) is 11.9. The Kier molecular flexibility index (Phi) is 17.1. The molecule has 11 heteroatoms. The van der Waals surface area contributed by atoms with Crippen LogP contribution in [0, 0.1) is 0 Å². The lowest BCUT2D eigenvalue weighted by atomic mass is 10.0. The molecule has 2 rings (SSSR count). The first kappa shape index (κ1) is 37.1. The highest BCUT2D eigenvalue weighted by Gasteiger charge is 2.27. The fourth-order valence-corrected chi connectivity index (χ4v) is 4.44. The Morgan fingerprint density at radius 1 is 0.689 bits per heavy atom. The first-order valence-corrected chi connectivity index (χ1v) is 15.8. The highest BCUT2D eigenvalue weighted by Crippen LogP contribution is 2.09. The van der Waals surface area contributed by atoms with Gasteiger partial charge >= 0.3 is 12.2 Å². The zero-order valence-corrected chi connectivity index (χ0v) is 26.9. The van der Waals surface area contributed by atoms with Crippen molar-refractivity contribution in [2.75, 3.05) is 19.6 Å². The number of hydrogen-bond acceptors (Lipinski definition) is 7. The van der Waals surface area contributed by atoms with Crippen molar-refractivity contribution in [2.45, 2.75) is 96.4 Å². The summed E-state index contributed by atoms with van der Waals surface area (Å²) in [6, 6.07) is 16.7. The van der Waals surface area contributed by atoms with Gasteiger partial charge in [-0.3, -0.25) is 9.59 Å². The van der Waals surface area contributed by atoms with E-state index < -0.39 is 35.8 Å². The van der Waals surface area contributed by atoms with E-state index in [4.69, 9.17) is 15.2 Å². The van der Waals surface area contributed by atoms with E-state index in [1.54, 1.807) is 20.8 Å². The van der Waals surface area contributed by atoms with Crippen molar-refractivity contribution in [2.24, 2.45) is 5.73 Å². The molecule has 0 aliphatic rings. The van der Waals surface area contributed by atoms with Crippen molar-refractivity contribution in [3.05, 3.63) is 71.8 Å². The third-order valence-electron chi connectivity index (χ3n) is 6.75. The van der Waals surface area contributed by atoms with Gasteiger partial charge in [0.1, 0.15) is 24.3 Å². The maximum atomic E-state index is 13.6. The molecule has 0 saturated heterocycles. The summed E-state index contributed by atoms with van der Waals surface area (Å²) < 4.78 is 10.6. The monoisotopic (exact) mass is 625 g/mol. The number of amides is 4. The van der Waals surface area contributed by atoms with Crippen LogP contribution in [0.1, 0.15) is 76.8 Å². The molecule has 0 fully saturated rings. The van der Waals surface area contributed by atoms with Crippen LogP contribution in [0.5, 0.6) is 0 Å². The van der Waals surface area contributed by atoms with E-state index in [1.165, 1.54) is 0 Å². The molecule has 0 unspecified atom stereocenters. The Balaban J connectivity index is 2.03. The van der Waals surface area contributed by atoms with Crippen molar-refractivity contribution in [3.63, 3.8) is 0 Å². The molecule has 0 spiro atoms. The molecule has 2 aromatic rings. The smallest absolute Gasteiger partial charge is 0.408 e. The van der Waals surface area contributed by atoms with Gasteiger partial charge in [0.25, 0.3) is 0 Å². The Morgan fingerprint density at radius 2 is 1.29 bits per heavy atom. The first-order valence-electron chi connectivity index (χ1n) is 15.8. The minimum absolute atomic E-state index is 0.0555. The van der Waals surface area contributed by atoms with Gasteiger partial charge in [0.15, 0.2) is 0 Å². The maximum Gasteiger partial charge on any atom is 0.408 e. The van der Waals surface area contributed by atoms with Gasteiger partial charge < -0.3 is 36.5 Å². The molecule has 2 aromatic carbocycles. The van der Waals surface area contributed by atoms with Crippen LogP contribution in [0.3, 0.4) is 0 Å². The highest BCUT2D eigenvalue weighted by molar-refractivity contribution is 5.91. The lowest BCUT2D eigenvalue weighted by Crippen LogP contribution is -2.54. The SMILES string of the molecule is CC(C)(C)OC(=O)NCCCC[C@H](NC(=O)[C@H](Cc1ccccc1)NC(=O)OCc1ccccc1)C(=O)NCCCCCCN. The maximum absolute atomic E-state index is 13.6. The third kappa shape index (κ3) is 17.1. The Morgan fingerprint density at radius 3 is 1.93 bits per heavy atom. The molecule has 0 radical (unpaired) electrons. The molecular formula is C34H51N5O6. The van der Waals surface area contributed by atoms with Crippen LogP contribution in [0.2, 0.25) is 0 Å². The average molecular weight is 626 g/mol. The molecule has 45 heavy (non-hydrogen) atoms. The Labute approximate surface area is 267 Å². The molecule has 11 nitrogen and oxygen atoms in total. The zero-order chi connectivity index (χ0) is 32.9. The summed E-state index contributed by atoms with van der Waals surface area (Å²) in [6.07, 6.45) is 4.12. The van der Waals surface area contributed by atoms with Crippen LogP contribution < -0.4 is 27.0 Å². The topological polar surface area (TPSA) is 161 Å². The second-order valence-electron chi connectivity index (χ2n) is 11.9. The number of nitrogens with two attached hydrogens (primary N) is 1. The van der Waals surface area contributed by atoms with E-state index in [1.807, 2.05) is 60.7 Å². The number of unbranched alkanes of at least 4 members (excludes halogenated alkanes) is 4. The van der Waals surface area contributed by atoms with Crippen LogP contribution in [0.15, 0.2) is 60.7 Å². The standard InChI is InChI=1S/C34H51N5O6/c1-34(2,3)45-32(42)37-23-15-12-20-28(30(40)36-22-14-5-4-13-21-35)38-31(41)29(24-26-16-8-6-9-17-26)39-33(43)44-25-27-18-10-7-11-19-27/h6-11,16-19,28-29H,4-5,12-15,20-25,35H2,1-3H3,(H,36,40)(H,37,42)(H,38,41)(H,39,43)/t28-,29-/m0/s1. The molecule has 4 amide bonds. The van der Waals surface area contributed by atoms with Gasteiger partial charge in [0, 0.05) is 19.5 Å². The average Bonchev–Trinajstić information content (AvgIpc) is 3.00. The van der Waals surface area contributed by atoms with Crippen LogP contribution in [0.25, 0.3) is 0 Å². The summed E-state index contributed by atoms with van der Waals surface area (Å²) in [5, 5.41) is 11.2. The van der Waals surface area contributed by atoms with Crippen molar-refractivity contribution in [1.82, 2.24) is 21.3 Å². The Hall–Kier alpha value is -4.12. The minimum atomic E-state index is -0.976. The molecule has 6 N–H and O–H groups in total. The molecular weight excluding hydrogens is 574 g/mol. The summed E-state index contributed by atoms with van der Waals surface area (Å²) in [7, 11) is 0. The van der Waals surface area contributed by atoms with E-state index in [2.05, 4.69) is 21.3 Å². The number of carbonyl (C=O) groups excluding carboxylic acids is 4. The van der Waals surface area contributed by atoms with Crippen molar-refractivity contribution >= 4 is 24.0 Å². The van der Waals surface area contributed by atoms with E-state index in [-0.39, 0.29) is 18.9 Å². The molecule has 248 valence electrons. The second kappa shape index (κ2) is 20.8. The normalized spacial score (nSPS) is 12.4. The van der Waals surface area contributed by atoms with Crippen LogP contribution in [0.4, 0.5) is 9.59 Å².